The second kappa shape index (κ2) is 11.1. The summed E-state index contributed by atoms with van der Waals surface area (Å²) in [5, 5.41) is 13.5. The molecule has 1 aromatic heterocycles. The number of unbranched alkanes of at least 4 members (excludes halogenated alkanes) is 1. The van der Waals surface area contributed by atoms with E-state index >= 15 is 0 Å². The third-order valence-corrected chi connectivity index (χ3v) is 7.63. The zero-order chi connectivity index (χ0) is 24.2. The fraction of sp³-hybridized carbons (Fsp3) is 0.571. The van der Waals surface area contributed by atoms with Gasteiger partial charge in [-0.15, -0.1) is 0 Å². The number of nitrogens with one attached hydrogen (secondary N) is 1. The van der Waals surface area contributed by atoms with Crippen molar-refractivity contribution in [1.82, 2.24) is 9.88 Å². The molecule has 3 heterocycles. The maximum atomic E-state index is 12.3. The molecule has 1 aliphatic carbocycles. The fourth-order valence-corrected chi connectivity index (χ4v) is 5.63. The zero-order valence-electron chi connectivity index (χ0n) is 20.6. The SMILES string of the molecule is COC1CC1c1ccccc1C(C(=O)O)N1CCC(OCCCCc2ccc3c(n2)NCCC3)C1. The van der Waals surface area contributed by atoms with Crippen molar-refractivity contribution < 1.29 is 19.4 Å². The molecule has 4 atom stereocenters. The lowest BCUT2D eigenvalue weighted by molar-refractivity contribution is -0.143. The molecule has 2 N–H and O–H groups in total. The first-order chi connectivity index (χ1) is 17.1. The largest absolute Gasteiger partial charge is 0.480 e. The molecule has 3 aliphatic rings. The Morgan fingerprint density at radius 2 is 2.14 bits per heavy atom. The molecule has 2 aliphatic heterocycles. The highest BCUT2D eigenvalue weighted by atomic mass is 16.5. The molecule has 5 rings (SSSR count). The molecule has 7 nitrogen and oxygen atoms in total. The minimum Gasteiger partial charge on any atom is -0.480 e. The average molecular weight is 480 g/mol. The quantitative estimate of drug-likeness (QED) is 0.468. The number of nitrogens with zero attached hydrogens (tertiary/aromatic N) is 2. The van der Waals surface area contributed by atoms with Gasteiger partial charge in [0.05, 0.1) is 12.2 Å². The number of aliphatic carboxylic acids is 1. The van der Waals surface area contributed by atoms with E-state index in [9.17, 15) is 9.90 Å². The van der Waals surface area contributed by atoms with Gasteiger partial charge in [0.1, 0.15) is 11.9 Å². The Labute approximate surface area is 207 Å². The molecule has 4 unspecified atom stereocenters. The monoisotopic (exact) mass is 479 g/mol. The Morgan fingerprint density at radius 1 is 1.26 bits per heavy atom. The minimum atomic E-state index is -0.792. The van der Waals surface area contributed by atoms with Crippen LogP contribution in [0.3, 0.4) is 0 Å². The highest BCUT2D eigenvalue weighted by Gasteiger charge is 2.43. The Hall–Kier alpha value is -2.48. The van der Waals surface area contributed by atoms with E-state index in [4.69, 9.17) is 14.5 Å². The summed E-state index contributed by atoms with van der Waals surface area (Å²) in [7, 11) is 1.73. The first-order valence-corrected chi connectivity index (χ1v) is 13.1. The number of hydrogen-bond donors (Lipinski definition) is 2. The summed E-state index contributed by atoms with van der Waals surface area (Å²) in [5.41, 5.74) is 4.48. The number of pyridine rings is 1. The number of aromatic nitrogens is 1. The summed E-state index contributed by atoms with van der Waals surface area (Å²) in [6, 6.07) is 11.7. The number of fused-ring (bicyclic) bond motifs is 1. The molecular weight excluding hydrogens is 442 g/mol. The van der Waals surface area contributed by atoms with E-state index in [1.54, 1.807) is 7.11 Å². The first-order valence-electron chi connectivity index (χ1n) is 13.1. The molecule has 1 saturated carbocycles. The zero-order valence-corrected chi connectivity index (χ0v) is 20.6. The van der Waals surface area contributed by atoms with Gasteiger partial charge in [-0.3, -0.25) is 9.69 Å². The second-order valence-corrected chi connectivity index (χ2v) is 10.1. The molecule has 1 saturated heterocycles. The van der Waals surface area contributed by atoms with Crippen molar-refractivity contribution in [2.24, 2.45) is 0 Å². The highest BCUT2D eigenvalue weighted by Crippen LogP contribution is 2.46. The summed E-state index contributed by atoms with van der Waals surface area (Å²) in [5.74, 6) is 0.567. The molecule has 0 spiro atoms. The van der Waals surface area contributed by atoms with E-state index in [-0.39, 0.29) is 12.2 Å². The minimum absolute atomic E-state index is 0.0859. The lowest BCUT2D eigenvalue weighted by Crippen LogP contribution is -2.34. The van der Waals surface area contributed by atoms with Crippen LogP contribution in [0, 0.1) is 0 Å². The first kappa shape index (κ1) is 24.2. The van der Waals surface area contributed by atoms with Gasteiger partial charge in [0.25, 0.3) is 0 Å². The number of ether oxygens (including phenoxy) is 2. The van der Waals surface area contributed by atoms with Gasteiger partial charge in [-0.1, -0.05) is 30.3 Å². The standard InChI is InChI=1S/C28H37N3O4/c1-34-25-17-24(25)22-9-2-3-10-23(22)26(28(32)33)31-15-13-21(18-31)35-16-5-4-8-20-12-11-19-7-6-14-29-27(19)30-20/h2-3,9-12,21,24-26H,4-8,13-18H2,1H3,(H,29,30)(H,32,33). The number of aryl methyl sites for hydroxylation is 2. The summed E-state index contributed by atoms with van der Waals surface area (Å²) in [6.45, 7) is 3.11. The van der Waals surface area contributed by atoms with E-state index in [2.05, 4.69) is 28.4 Å². The molecule has 7 heteroatoms. The molecular formula is C28H37N3O4. The van der Waals surface area contributed by atoms with Gasteiger partial charge in [-0.2, -0.15) is 0 Å². The van der Waals surface area contributed by atoms with Gasteiger partial charge in [0.2, 0.25) is 0 Å². The van der Waals surface area contributed by atoms with Crippen LogP contribution < -0.4 is 5.32 Å². The van der Waals surface area contributed by atoms with Crippen LogP contribution in [-0.4, -0.2) is 66.5 Å². The Morgan fingerprint density at radius 3 is 2.97 bits per heavy atom. The highest BCUT2D eigenvalue weighted by molar-refractivity contribution is 5.76. The fourth-order valence-electron chi connectivity index (χ4n) is 5.63. The number of carboxylic acid groups (broad SMARTS) is 1. The van der Waals surface area contributed by atoms with Gasteiger partial charge in [-0.25, -0.2) is 4.98 Å². The normalized spacial score (nSPS) is 24.5. The van der Waals surface area contributed by atoms with Gasteiger partial charge >= 0.3 is 5.97 Å². The van der Waals surface area contributed by atoms with E-state index < -0.39 is 12.0 Å². The number of rotatable bonds is 11. The van der Waals surface area contributed by atoms with Crippen molar-refractivity contribution in [1.29, 1.82) is 0 Å². The van der Waals surface area contributed by atoms with Crippen LogP contribution in [0.1, 0.15) is 66.4 Å². The van der Waals surface area contributed by atoms with E-state index in [1.807, 2.05) is 18.2 Å². The molecule has 0 bridgehead atoms. The number of benzene rings is 1. The van der Waals surface area contributed by atoms with Crippen molar-refractivity contribution in [3.05, 3.63) is 58.8 Å². The number of carboxylic acids is 1. The molecule has 0 radical (unpaired) electrons. The molecule has 2 fully saturated rings. The lowest BCUT2D eigenvalue weighted by atomic mass is 9.96. The maximum absolute atomic E-state index is 12.3. The van der Waals surface area contributed by atoms with Crippen molar-refractivity contribution in [3.63, 3.8) is 0 Å². The van der Waals surface area contributed by atoms with Crippen molar-refractivity contribution in [3.8, 4) is 0 Å². The summed E-state index contributed by atoms with van der Waals surface area (Å²) < 4.78 is 11.7. The van der Waals surface area contributed by atoms with E-state index in [0.717, 1.165) is 74.3 Å². The molecule has 2 aromatic rings. The molecule has 1 aromatic carbocycles. The van der Waals surface area contributed by atoms with Crippen LogP contribution in [0.15, 0.2) is 36.4 Å². The van der Waals surface area contributed by atoms with E-state index in [1.165, 1.54) is 12.0 Å². The smallest absolute Gasteiger partial charge is 0.325 e. The van der Waals surface area contributed by atoms with Crippen molar-refractivity contribution >= 4 is 11.8 Å². The van der Waals surface area contributed by atoms with Crippen LogP contribution in [-0.2, 0) is 27.1 Å². The summed E-state index contributed by atoms with van der Waals surface area (Å²) >= 11 is 0. The van der Waals surface area contributed by atoms with E-state index in [0.29, 0.717) is 19.1 Å². The van der Waals surface area contributed by atoms with Crippen LogP contribution in [0.25, 0.3) is 0 Å². The van der Waals surface area contributed by atoms with Gasteiger partial charge < -0.3 is 19.9 Å². The van der Waals surface area contributed by atoms with Crippen LogP contribution in [0.4, 0.5) is 5.82 Å². The number of likely N-dealkylation sites (tertiary alicyclic amines) is 1. The maximum Gasteiger partial charge on any atom is 0.325 e. The second-order valence-electron chi connectivity index (χ2n) is 10.1. The van der Waals surface area contributed by atoms with Crippen LogP contribution in [0.5, 0.6) is 0 Å². The van der Waals surface area contributed by atoms with Gasteiger partial charge in [0, 0.05) is 45.0 Å². The number of methoxy groups -OCH3 is 1. The predicted octanol–water partition coefficient (Wildman–Crippen LogP) is 4.18. The number of carbonyl (C=O) groups is 1. The molecule has 188 valence electrons. The van der Waals surface area contributed by atoms with Gasteiger partial charge in [-0.05, 0) is 67.7 Å². The number of anilines is 1. The molecule has 35 heavy (non-hydrogen) atoms. The molecule has 0 amide bonds. The van der Waals surface area contributed by atoms with Crippen LogP contribution in [0.2, 0.25) is 0 Å². The topological polar surface area (TPSA) is 83.9 Å². The predicted molar refractivity (Wildman–Crippen MR) is 135 cm³/mol. The van der Waals surface area contributed by atoms with Crippen molar-refractivity contribution in [2.75, 3.05) is 38.7 Å². The number of hydrogen-bond acceptors (Lipinski definition) is 6. The average Bonchev–Trinajstić information content (AvgIpc) is 3.53. The third kappa shape index (κ3) is 5.68. The van der Waals surface area contributed by atoms with Crippen molar-refractivity contribution in [2.45, 2.75) is 69.1 Å². The Balaban J connectivity index is 1.10. The Bertz CT molecular complexity index is 1030. The third-order valence-electron chi connectivity index (χ3n) is 7.63. The summed E-state index contributed by atoms with van der Waals surface area (Å²) in [4.78, 5) is 19.2. The lowest BCUT2D eigenvalue weighted by Gasteiger charge is -2.26. The summed E-state index contributed by atoms with van der Waals surface area (Å²) in [6.07, 6.45) is 7.39. The van der Waals surface area contributed by atoms with Gasteiger partial charge in [0.15, 0.2) is 0 Å². The Kier molecular flexibility index (Phi) is 7.66. The van der Waals surface area contributed by atoms with Crippen LogP contribution >= 0.6 is 0 Å².